The molecule has 1 amide bonds. The smallest absolute Gasteiger partial charge is 0.254 e. The fraction of sp³-hybridized carbons (Fsp3) is 0.273. The summed E-state index contributed by atoms with van der Waals surface area (Å²) in [6.07, 6.45) is 4.39. The molecule has 0 atom stereocenters. The number of halogens is 2. The van der Waals surface area contributed by atoms with Gasteiger partial charge in [0, 0.05) is 17.5 Å². The molecular formula is C22H21Cl2N3O2. The Hall–Kier alpha value is -2.50. The number of hydrogen-bond donors (Lipinski definition) is 1. The quantitative estimate of drug-likeness (QED) is 0.572. The van der Waals surface area contributed by atoms with Crippen LogP contribution in [0.15, 0.2) is 48.7 Å². The number of hydrogen-bond acceptors (Lipinski definition) is 3. The molecule has 1 saturated carbocycles. The molecule has 5 nitrogen and oxygen atoms in total. The Morgan fingerprint density at radius 2 is 2.03 bits per heavy atom. The molecule has 1 fully saturated rings. The Morgan fingerprint density at radius 3 is 2.76 bits per heavy atom. The van der Waals surface area contributed by atoms with Crippen molar-refractivity contribution in [3.8, 4) is 11.4 Å². The highest BCUT2D eigenvalue weighted by atomic mass is 35.5. The van der Waals surface area contributed by atoms with Crippen LogP contribution < -0.4 is 10.1 Å². The first kappa shape index (κ1) is 19.8. The summed E-state index contributed by atoms with van der Waals surface area (Å²) in [5, 5.41) is 8.54. The van der Waals surface area contributed by atoms with Crippen molar-refractivity contribution in [2.45, 2.75) is 25.2 Å². The van der Waals surface area contributed by atoms with Gasteiger partial charge in [-0.25, -0.2) is 4.68 Å². The van der Waals surface area contributed by atoms with Crippen LogP contribution in [0.25, 0.3) is 5.69 Å². The van der Waals surface area contributed by atoms with Gasteiger partial charge in [-0.1, -0.05) is 41.4 Å². The van der Waals surface area contributed by atoms with Gasteiger partial charge in [-0.3, -0.25) is 4.79 Å². The van der Waals surface area contributed by atoms with Crippen LogP contribution in [0.2, 0.25) is 10.0 Å². The fourth-order valence-electron chi connectivity index (χ4n) is 3.44. The molecule has 1 aromatic heterocycles. The number of amides is 1. The Bertz CT molecular complexity index is 1040. The number of nitrogens with one attached hydrogen (secondary N) is 1. The maximum atomic E-state index is 12.9. The number of carbonyl (C=O) groups is 1. The number of nitrogens with zero attached hydrogens (tertiary/aromatic N) is 2. The van der Waals surface area contributed by atoms with Gasteiger partial charge in [-0.15, -0.1) is 0 Å². The number of aromatic nitrogens is 2. The number of methoxy groups -OCH3 is 1. The molecule has 0 radical (unpaired) electrons. The van der Waals surface area contributed by atoms with Crippen molar-refractivity contribution in [2.24, 2.45) is 0 Å². The molecule has 1 aliphatic carbocycles. The molecule has 1 N–H and O–H groups in total. The van der Waals surface area contributed by atoms with Crippen LogP contribution in [-0.2, 0) is 6.42 Å². The van der Waals surface area contributed by atoms with Crippen molar-refractivity contribution in [1.29, 1.82) is 0 Å². The van der Waals surface area contributed by atoms with E-state index >= 15 is 0 Å². The summed E-state index contributed by atoms with van der Waals surface area (Å²) in [6, 6.07) is 13.1. The average Bonchev–Trinajstić information content (AvgIpc) is 3.46. The van der Waals surface area contributed by atoms with E-state index < -0.39 is 0 Å². The van der Waals surface area contributed by atoms with E-state index in [4.69, 9.17) is 27.9 Å². The molecule has 0 bridgehead atoms. The van der Waals surface area contributed by atoms with Gasteiger partial charge in [0.1, 0.15) is 5.75 Å². The second-order valence-electron chi connectivity index (χ2n) is 7.04. The van der Waals surface area contributed by atoms with Crippen LogP contribution in [0.1, 0.15) is 40.4 Å². The van der Waals surface area contributed by atoms with Crippen LogP contribution in [-0.4, -0.2) is 29.3 Å². The molecule has 3 aromatic rings. The van der Waals surface area contributed by atoms with Crippen LogP contribution >= 0.6 is 23.2 Å². The van der Waals surface area contributed by atoms with Crippen LogP contribution in [0.3, 0.4) is 0 Å². The van der Waals surface area contributed by atoms with Crippen molar-refractivity contribution >= 4 is 29.1 Å². The third kappa shape index (κ3) is 4.26. The van der Waals surface area contributed by atoms with E-state index in [1.165, 1.54) is 0 Å². The zero-order chi connectivity index (χ0) is 20.4. The van der Waals surface area contributed by atoms with E-state index in [2.05, 4.69) is 10.4 Å². The van der Waals surface area contributed by atoms with Gasteiger partial charge in [0.05, 0.1) is 35.3 Å². The Kier molecular flexibility index (Phi) is 5.79. The van der Waals surface area contributed by atoms with Crippen molar-refractivity contribution in [2.75, 3.05) is 13.7 Å². The first-order valence-electron chi connectivity index (χ1n) is 9.52. The summed E-state index contributed by atoms with van der Waals surface area (Å²) >= 11 is 12.4. The van der Waals surface area contributed by atoms with Crippen LogP contribution in [0.4, 0.5) is 0 Å². The largest absolute Gasteiger partial charge is 0.496 e. The topological polar surface area (TPSA) is 56.1 Å². The Balaban J connectivity index is 1.52. The molecule has 1 heterocycles. The first-order chi connectivity index (χ1) is 14.1. The highest BCUT2D eigenvalue weighted by molar-refractivity contribution is 6.35. The van der Waals surface area contributed by atoms with Crippen molar-refractivity contribution in [1.82, 2.24) is 15.1 Å². The van der Waals surface area contributed by atoms with Gasteiger partial charge < -0.3 is 10.1 Å². The number of carbonyl (C=O) groups excluding carboxylic acids is 1. The van der Waals surface area contributed by atoms with Gasteiger partial charge in [-0.05, 0) is 49.1 Å². The molecule has 2 aromatic carbocycles. The van der Waals surface area contributed by atoms with Gasteiger partial charge >= 0.3 is 0 Å². The monoisotopic (exact) mass is 429 g/mol. The Labute approximate surface area is 179 Å². The van der Waals surface area contributed by atoms with Crippen LogP contribution in [0.5, 0.6) is 5.75 Å². The molecule has 0 unspecified atom stereocenters. The van der Waals surface area contributed by atoms with E-state index in [9.17, 15) is 4.79 Å². The molecule has 150 valence electrons. The first-order valence-corrected chi connectivity index (χ1v) is 10.3. The normalized spacial score (nSPS) is 13.3. The molecule has 29 heavy (non-hydrogen) atoms. The second-order valence-corrected chi connectivity index (χ2v) is 7.89. The van der Waals surface area contributed by atoms with Gasteiger partial charge in [0.15, 0.2) is 0 Å². The lowest BCUT2D eigenvalue weighted by Gasteiger charge is -2.12. The molecule has 4 rings (SSSR count). The average molecular weight is 430 g/mol. The van der Waals surface area contributed by atoms with E-state index in [1.807, 2.05) is 30.3 Å². The molecule has 0 aliphatic heterocycles. The minimum Gasteiger partial charge on any atom is -0.496 e. The third-order valence-electron chi connectivity index (χ3n) is 5.03. The zero-order valence-corrected chi connectivity index (χ0v) is 17.5. The Morgan fingerprint density at radius 1 is 1.24 bits per heavy atom. The fourth-order valence-corrected chi connectivity index (χ4v) is 3.93. The molecule has 0 saturated heterocycles. The lowest BCUT2D eigenvalue weighted by Crippen LogP contribution is -2.26. The van der Waals surface area contributed by atoms with E-state index in [0.29, 0.717) is 34.5 Å². The molecular weight excluding hydrogens is 409 g/mol. The highest BCUT2D eigenvalue weighted by Crippen LogP contribution is 2.43. The molecule has 0 spiro atoms. The minimum atomic E-state index is -0.127. The predicted molar refractivity (Wildman–Crippen MR) is 115 cm³/mol. The van der Waals surface area contributed by atoms with Crippen molar-refractivity contribution < 1.29 is 9.53 Å². The van der Waals surface area contributed by atoms with Gasteiger partial charge in [0.2, 0.25) is 0 Å². The predicted octanol–water partition coefficient (Wildman–Crippen LogP) is 5.04. The molecule has 1 aliphatic rings. The maximum absolute atomic E-state index is 12.9. The van der Waals surface area contributed by atoms with E-state index in [0.717, 1.165) is 35.5 Å². The summed E-state index contributed by atoms with van der Waals surface area (Å²) in [6.45, 7) is 0.510. The summed E-state index contributed by atoms with van der Waals surface area (Å²) in [5.41, 5.74) is 3.29. The minimum absolute atomic E-state index is 0.127. The number of para-hydroxylation sites is 1. The highest BCUT2D eigenvalue weighted by Gasteiger charge is 2.33. The van der Waals surface area contributed by atoms with Gasteiger partial charge in [-0.2, -0.15) is 5.10 Å². The number of ether oxygens (including phenoxy) is 1. The SMILES string of the molecule is COc1ccccc1CCNC(=O)c1cnn(-c2ccc(Cl)cc2Cl)c1C1CC1. The van der Waals surface area contributed by atoms with Gasteiger partial charge in [0.25, 0.3) is 5.91 Å². The lowest BCUT2D eigenvalue weighted by molar-refractivity contribution is 0.0953. The number of rotatable bonds is 7. The van der Waals surface area contributed by atoms with E-state index in [1.54, 1.807) is 30.1 Å². The zero-order valence-electron chi connectivity index (χ0n) is 16.0. The standard InChI is InChI=1S/C22H21Cl2N3O2/c1-29-20-5-3-2-4-14(20)10-11-25-22(28)17-13-26-27(21(17)15-6-7-15)19-9-8-16(23)12-18(19)24/h2-5,8-9,12-13,15H,6-7,10-11H2,1H3,(H,25,28). The number of benzene rings is 2. The van der Waals surface area contributed by atoms with Crippen molar-refractivity contribution in [3.05, 3.63) is 75.5 Å². The summed E-state index contributed by atoms with van der Waals surface area (Å²) in [5.74, 6) is 1.02. The molecule has 7 heteroatoms. The third-order valence-corrected chi connectivity index (χ3v) is 5.56. The van der Waals surface area contributed by atoms with Crippen molar-refractivity contribution in [3.63, 3.8) is 0 Å². The summed E-state index contributed by atoms with van der Waals surface area (Å²) < 4.78 is 7.14. The maximum Gasteiger partial charge on any atom is 0.254 e. The summed E-state index contributed by atoms with van der Waals surface area (Å²) in [4.78, 5) is 12.9. The lowest BCUT2D eigenvalue weighted by atomic mass is 10.1. The van der Waals surface area contributed by atoms with E-state index in [-0.39, 0.29) is 5.91 Å². The summed E-state index contributed by atoms with van der Waals surface area (Å²) in [7, 11) is 1.65. The second kappa shape index (κ2) is 8.47. The van der Waals surface area contributed by atoms with Crippen LogP contribution in [0, 0.1) is 0 Å².